The Kier molecular flexibility index (Phi) is 6.60. The van der Waals surface area contributed by atoms with Gasteiger partial charge in [-0.15, -0.1) is 0 Å². The first kappa shape index (κ1) is 20.5. The van der Waals surface area contributed by atoms with Crippen LogP contribution in [0, 0.1) is 0 Å². The molecular formula is C24H26O5. The van der Waals surface area contributed by atoms with Gasteiger partial charge in [-0.25, -0.2) is 0 Å². The summed E-state index contributed by atoms with van der Waals surface area (Å²) in [5, 5.41) is 0. The Morgan fingerprint density at radius 3 is 2.03 bits per heavy atom. The van der Waals surface area contributed by atoms with Crippen molar-refractivity contribution >= 4 is 11.9 Å². The maximum atomic E-state index is 12.3. The van der Waals surface area contributed by atoms with E-state index in [1.54, 1.807) is 34.5 Å². The Labute approximate surface area is 171 Å². The van der Waals surface area contributed by atoms with Gasteiger partial charge in [0.05, 0.1) is 28.4 Å². The Morgan fingerprint density at radius 2 is 1.38 bits per heavy atom. The highest BCUT2D eigenvalue weighted by Crippen LogP contribution is 2.37. The molecule has 1 aliphatic carbocycles. The number of carbonyl (C=O) groups excluding carboxylic acids is 1. The van der Waals surface area contributed by atoms with Gasteiger partial charge in [0.15, 0.2) is 28.8 Å². The molecule has 0 saturated carbocycles. The van der Waals surface area contributed by atoms with Crippen LogP contribution in [0.5, 0.6) is 23.0 Å². The molecule has 1 atom stereocenters. The standard InChI is InChI=1S/C24H26O5/c1-26-21-9-7-16(13-23(21)28-3)5-6-17-11-19(14-20(25)12-17)18-8-10-22(27-2)24(15-18)29-4/h5-10,12-13,15,19H,11,14H2,1-4H3/b6-5+. The van der Waals surface area contributed by atoms with Gasteiger partial charge in [-0.1, -0.05) is 24.3 Å². The first-order valence-electron chi connectivity index (χ1n) is 9.43. The van der Waals surface area contributed by atoms with E-state index >= 15 is 0 Å². The van der Waals surface area contributed by atoms with Crippen molar-refractivity contribution in [3.8, 4) is 23.0 Å². The first-order chi connectivity index (χ1) is 14.1. The van der Waals surface area contributed by atoms with E-state index in [9.17, 15) is 4.79 Å². The zero-order valence-electron chi connectivity index (χ0n) is 17.2. The molecule has 0 aliphatic heterocycles. The number of carbonyl (C=O) groups is 1. The highest BCUT2D eigenvalue weighted by Gasteiger charge is 2.22. The average molecular weight is 394 g/mol. The number of hydrogen-bond acceptors (Lipinski definition) is 5. The lowest BCUT2D eigenvalue weighted by atomic mass is 9.83. The van der Waals surface area contributed by atoms with Crippen LogP contribution in [0.15, 0.2) is 54.1 Å². The number of methoxy groups -OCH3 is 4. The third-order valence-electron chi connectivity index (χ3n) is 5.05. The lowest BCUT2D eigenvalue weighted by Gasteiger charge is -2.22. The molecule has 152 valence electrons. The van der Waals surface area contributed by atoms with Gasteiger partial charge >= 0.3 is 0 Å². The zero-order chi connectivity index (χ0) is 20.8. The second kappa shape index (κ2) is 9.32. The van der Waals surface area contributed by atoms with Crippen LogP contribution in [0.1, 0.15) is 29.9 Å². The molecule has 1 aliphatic rings. The van der Waals surface area contributed by atoms with E-state index in [2.05, 4.69) is 0 Å². The summed E-state index contributed by atoms with van der Waals surface area (Å²) < 4.78 is 21.3. The maximum absolute atomic E-state index is 12.3. The van der Waals surface area contributed by atoms with Gasteiger partial charge in [-0.05, 0) is 59.4 Å². The van der Waals surface area contributed by atoms with E-state index in [1.807, 2.05) is 48.6 Å². The van der Waals surface area contributed by atoms with Crippen LogP contribution in [0.4, 0.5) is 0 Å². The summed E-state index contributed by atoms with van der Waals surface area (Å²) in [6, 6.07) is 11.6. The summed E-state index contributed by atoms with van der Waals surface area (Å²) in [4.78, 5) is 12.3. The van der Waals surface area contributed by atoms with Crippen LogP contribution in [-0.2, 0) is 4.79 Å². The van der Waals surface area contributed by atoms with E-state index in [1.165, 1.54) is 0 Å². The van der Waals surface area contributed by atoms with Gasteiger partial charge in [-0.3, -0.25) is 4.79 Å². The van der Waals surface area contributed by atoms with Crippen molar-refractivity contribution in [1.82, 2.24) is 0 Å². The maximum Gasteiger partial charge on any atom is 0.161 e. The molecule has 0 saturated heterocycles. The topological polar surface area (TPSA) is 54.0 Å². The Balaban J connectivity index is 1.79. The summed E-state index contributed by atoms with van der Waals surface area (Å²) in [6.07, 6.45) is 6.98. The number of ketones is 1. The summed E-state index contributed by atoms with van der Waals surface area (Å²) in [6.45, 7) is 0. The van der Waals surface area contributed by atoms with Gasteiger partial charge in [0.2, 0.25) is 0 Å². The second-order valence-corrected chi connectivity index (χ2v) is 6.85. The highest BCUT2D eigenvalue weighted by molar-refractivity contribution is 5.92. The quantitative estimate of drug-likeness (QED) is 0.675. The van der Waals surface area contributed by atoms with Crippen molar-refractivity contribution < 1.29 is 23.7 Å². The molecule has 0 amide bonds. The number of allylic oxidation sites excluding steroid dienone is 3. The van der Waals surface area contributed by atoms with Crippen LogP contribution in [0.3, 0.4) is 0 Å². The molecule has 0 bridgehead atoms. The van der Waals surface area contributed by atoms with Gasteiger partial charge < -0.3 is 18.9 Å². The molecule has 3 rings (SSSR count). The third-order valence-corrected chi connectivity index (χ3v) is 5.05. The summed E-state index contributed by atoms with van der Waals surface area (Å²) in [5.74, 6) is 2.95. The van der Waals surface area contributed by atoms with Crippen molar-refractivity contribution in [2.45, 2.75) is 18.8 Å². The van der Waals surface area contributed by atoms with Crippen LogP contribution < -0.4 is 18.9 Å². The van der Waals surface area contributed by atoms with Crippen LogP contribution in [0.25, 0.3) is 6.08 Å². The van der Waals surface area contributed by atoms with E-state index in [0.29, 0.717) is 29.4 Å². The molecule has 29 heavy (non-hydrogen) atoms. The van der Waals surface area contributed by atoms with E-state index in [4.69, 9.17) is 18.9 Å². The molecule has 0 radical (unpaired) electrons. The van der Waals surface area contributed by atoms with Crippen molar-refractivity contribution in [3.05, 3.63) is 65.3 Å². The fourth-order valence-corrected chi connectivity index (χ4v) is 3.54. The number of rotatable bonds is 7. The molecule has 5 heteroatoms. The largest absolute Gasteiger partial charge is 0.493 e. The van der Waals surface area contributed by atoms with E-state index in [-0.39, 0.29) is 11.7 Å². The molecule has 2 aromatic rings. The van der Waals surface area contributed by atoms with Crippen molar-refractivity contribution in [2.24, 2.45) is 0 Å². The smallest absolute Gasteiger partial charge is 0.161 e. The van der Waals surface area contributed by atoms with Crippen LogP contribution >= 0.6 is 0 Å². The molecule has 0 spiro atoms. The molecule has 0 heterocycles. The SMILES string of the molecule is COc1ccc(/C=C/C2=CC(=O)CC(c3ccc(OC)c(OC)c3)C2)cc1OC. The number of ether oxygens (including phenoxy) is 4. The van der Waals surface area contributed by atoms with Crippen molar-refractivity contribution in [1.29, 1.82) is 0 Å². The van der Waals surface area contributed by atoms with Crippen molar-refractivity contribution in [3.63, 3.8) is 0 Å². The lowest BCUT2D eigenvalue weighted by molar-refractivity contribution is -0.115. The fourth-order valence-electron chi connectivity index (χ4n) is 3.54. The van der Waals surface area contributed by atoms with Crippen molar-refractivity contribution in [2.75, 3.05) is 28.4 Å². The highest BCUT2D eigenvalue weighted by atomic mass is 16.5. The van der Waals surface area contributed by atoms with Gasteiger partial charge in [-0.2, -0.15) is 0 Å². The van der Waals surface area contributed by atoms with E-state index in [0.717, 1.165) is 23.1 Å². The number of hydrogen-bond donors (Lipinski definition) is 0. The molecule has 1 unspecified atom stereocenters. The third kappa shape index (κ3) is 4.80. The summed E-state index contributed by atoms with van der Waals surface area (Å²) in [7, 11) is 6.45. The minimum absolute atomic E-state index is 0.109. The molecular weight excluding hydrogens is 368 g/mol. The van der Waals surface area contributed by atoms with Gasteiger partial charge in [0.25, 0.3) is 0 Å². The average Bonchev–Trinajstić information content (AvgIpc) is 2.76. The van der Waals surface area contributed by atoms with Gasteiger partial charge in [0, 0.05) is 6.42 Å². The molecule has 0 N–H and O–H groups in total. The van der Waals surface area contributed by atoms with Crippen LogP contribution in [0.2, 0.25) is 0 Å². The monoisotopic (exact) mass is 394 g/mol. The predicted molar refractivity (Wildman–Crippen MR) is 113 cm³/mol. The Bertz CT molecular complexity index is 942. The number of benzene rings is 2. The molecule has 0 fully saturated rings. The molecule has 5 nitrogen and oxygen atoms in total. The Morgan fingerprint density at radius 1 is 0.759 bits per heavy atom. The van der Waals surface area contributed by atoms with E-state index < -0.39 is 0 Å². The fraction of sp³-hybridized carbons (Fsp3) is 0.292. The minimum Gasteiger partial charge on any atom is -0.493 e. The molecule has 0 aromatic heterocycles. The Hall–Kier alpha value is -3.21. The predicted octanol–water partition coefficient (Wildman–Crippen LogP) is 4.81. The second-order valence-electron chi connectivity index (χ2n) is 6.85. The minimum atomic E-state index is 0.109. The first-order valence-corrected chi connectivity index (χ1v) is 9.43. The molecule has 2 aromatic carbocycles. The summed E-state index contributed by atoms with van der Waals surface area (Å²) >= 11 is 0. The summed E-state index contributed by atoms with van der Waals surface area (Å²) in [5.41, 5.74) is 3.04. The van der Waals surface area contributed by atoms with Crippen LogP contribution in [-0.4, -0.2) is 34.2 Å². The van der Waals surface area contributed by atoms with Gasteiger partial charge in [0.1, 0.15) is 0 Å². The normalized spacial score (nSPS) is 16.5. The lowest BCUT2D eigenvalue weighted by Crippen LogP contribution is -2.12. The zero-order valence-corrected chi connectivity index (χ0v) is 17.2.